The van der Waals surface area contributed by atoms with Gasteiger partial charge in [-0.25, -0.2) is 0 Å². The van der Waals surface area contributed by atoms with Crippen molar-refractivity contribution in [3.8, 4) is 0 Å². The van der Waals surface area contributed by atoms with E-state index in [0.717, 1.165) is 10.2 Å². The maximum absolute atomic E-state index is 6.16. The Morgan fingerprint density at radius 3 is 2.53 bits per heavy atom. The van der Waals surface area contributed by atoms with E-state index in [1.165, 1.54) is 38.5 Å². The Kier molecular flexibility index (Phi) is 5.92. The molecular weight excluding hydrogens is 344 g/mol. The van der Waals surface area contributed by atoms with Gasteiger partial charge >= 0.3 is 0 Å². The van der Waals surface area contributed by atoms with Crippen molar-refractivity contribution < 1.29 is 0 Å². The number of hydrogen-bond donors (Lipinski definition) is 2. The molecule has 1 aromatic carbocycles. The third kappa shape index (κ3) is 4.93. The Morgan fingerprint density at radius 2 is 1.89 bits per heavy atom. The fourth-order valence-corrected chi connectivity index (χ4v) is 3.36. The molecule has 0 atom stereocenters. The van der Waals surface area contributed by atoms with E-state index in [1.807, 2.05) is 18.2 Å². The van der Waals surface area contributed by atoms with Gasteiger partial charge in [0, 0.05) is 10.5 Å². The van der Waals surface area contributed by atoms with Crippen LogP contribution in [0.25, 0.3) is 0 Å². The quantitative estimate of drug-likeness (QED) is 0.565. The maximum atomic E-state index is 6.16. The molecule has 0 spiro atoms. The largest absolute Gasteiger partial charge is 0.360 e. The zero-order chi connectivity index (χ0) is 13.7. The first-order chi connectivity index (χ1) is 9.15. The monoisotopic (exact) mass is 360 g/mol. The lowest BCUT2D eigenvalue weighted by atomic mass is 10.1. The number of anilines is 1. The number of halogens is 2. The lowest BCUT2D eigenvalue weighted by Crippen LogP contribution is -2.37. The predicted octanol–water partition coefficient (Wildman–Crippen LogP) is 5.11. The van der Waals surface area contributed by atoms with Gasteiger partial charge in [0.2, 0.25) is 0 Å². The topological polar surface area (TPSA) is 24.1 Å². The molecule has 0 aliphatic heterocycles. The summed E-state index contributed by atoms with van der Waals surface area (Å²) in [4.78, 5) is 0. The first kappa shape index (κ1) is 15.1. The molecule has 1 fully saturated rings. The molecule has 1 aliphatic carbocycles. The van der Waals surface area contributed by atoms with Gasteiger partial charge < -0.3 is 10.6 Å². The van der Waals surface area contributed by atoms with E-state index in [2.05, 4.69) is 26.6 Å². The van der Waals surface area contributed by atoms with Crippen molar-refractivity contribution in [1.82, 2.24) is 5.32 Å². The van der Waals surface area contributed by atoms with Gasteiger partial charge in [-0.15, -0.1) is 0 Å². The van der Waals surface area contributed by atoms with E-state index in [1.54, 1.807) is 0 Å². The fraction of sp³-hybridized carbons (Fsp3) is 0.500. The number of hydrogen-bond acceptors (Lipinski definition) is 1. The summed E-state index contributed by atoms with van der Waals surface area (Å²) < 4.78 is 0.964. The van der Waals surface area contributed by atoms with Crippen molar-refractivity contribution in [3.63, 3.8) is 0 Å². The zero-order valence-corrected chi connectivity index (χ0v) is 13.9. The summed E-state index contributed by atoms with van der Waals surface area (Å²) in [6.45, 7) is 0. The van der Waals surface area contributed by atoms with Crippen LogP contribution in [-0.2, 0) is 0 Å². The SMILES string of the molecule is S=C(Nc1ccc(Br)cc1Cl)NC1CCCCCC1. The van der Waals surface area contributed by atoms with Crippen LogP contribution in [0.1, 0.15) is 38.5 Å². The Hall–Kier alpha value is -0.320. The summed E-state index contributed by atoms with van der Waals surface area (Å²) >= 11 is 14.9. The van der Waals surface area contributed by atoms with Crippen LogP contribution < -0.4 is 10.6 Å². The summed E-state index contributed by atoms with van der Waals surface area (Å²) in [7, 11) is 0. The van der Waals surface area contributed by atoms with Gasteiger partial charge in [0.1, 0.15) is 0 Å². The summed E-state index contributed by atoms with van der Waals surface area (Å²) in [6.07, 6.45) is 7.68. The molecule has 2 rings (SSSR count). The van der Waals surface area contributed by atoms with Gasteiger partial charge in [0.15, 0.2) is 5.11 Å². The highest BCUT2D eigenvalue weighted by atomic mass is 79.9. The molecular formula is C14H18BrClN2S. The van der Waals surface area contributed by atoms with Crippen molar-refractivity contribution in [2.75, 3.05) is 5.32 Å². The van der Waals surface area contributed by atoms with Gasteiger partial charge in [-0.1, -0.05) is 53.2 Å². The summed E-state index contributed by atoms with van der Waals surface area (Å²) in [5.41, 5.74) is 0.844. The van der Waals surface area contributed by atoms with Crippen molar-refractivity contribution in [2.45, 2.75) is 44.6 Å². The van der Waals surface area contributed by atoms with E-state index >= 15 is 0 Å². The Labute approximate surface area is 133 Å². The summed E-state index contributed by atoms with van der Waals surface area (Å²) in [5.74, 6) is 0. The fourth-order valence-electron chi connectivity index (χ4n) is 2.36. The second kappa shape index (κ2) is 7.46. The third-order valence-corrected chi connectivity index (χ3v) is 4.40. The van der Waals surface area contributed by atoms with Crippen LogP contribution in [0, 0.1) is 0 Å². The van der Waals surface area contributed by atoms with Gasteiger partial charge in [0.05, 0.1) is 10.7 Å². The highest BCUT2D eigenvalue weighted by Gasteiger charge is 2.13. The van der Waals surface area contributed by atoms with Crippen LogP contribution in [0.15, 0.2) is 22.7 Å². The van der Waals surface area contributed by atoms with Gasteiger partial charge in [-0.3, -0.25) is 0 Å². The predicted molar refractivity (Wildman–Crippen MR) is 90.0 cm³/mol. The van der Waals surface area contributed by atoms with Crippen LogP contribution in [0.4, 0.5) is 5.69 Å². The summed E-state index contributed by atoms with van der Waals surface area (Å²) in [5, 5.41) is 7.90. The minimum absolute atomic E-state index is 0.497. The standard InChI is InChI=1S/C14H18BrClN2S/c15-10-7-8-13(12(16)9-10)18-14(19)17-11-5-3-1-2-4-6-11/h7-9,11H,1-6H2,(H2,17,18,19). The molecule has 0 radical (unpaired) electrons. The second-order valence-electron chi connectivity index (χ2n) is 4.91. The Balaban J connectivity index is 1.89. The average molecular weight is 362 g/mol. The molecule has 0 amide bonds. The molecule has 1 saturated carbocycles. The maximum Gasteiger partial charge on any atom is 0.171 e. The van der Waals surface area contributed by atoms with Gasteiger partial charge in [0.25, 0.3) is 0 Å². The van der Waals surface area contributed by atoms with E-state index in [-0.39, 0.29) is 0 Å². The molecule has 2 nitrogen and oxygen atoms in total. The third-order valence-electron chi connectivity index (χ3n) is 3.37. The number of rotatable bonds is 2. The van der Waals surface area contributed by atoms with Crippen LogP contribution in [0.3, 0.4) is 0 Å². The van der Waals surface area contributed by atoms with Gasteiger partial charge in [-0.05, 0) is 43.3 Å². The highest BCUT2D eigenvalue weighted by molar-refractivity contribution is 9.10. The summed E-state index contributed by atoms with van der Waals surface area (Å²) in [6, 6.07) is 6.23. The molecule has 0 bridgehead atoms. The molecule has 1 aliphatic rings. The van der Waals surface area contributed by atoms with Crippen molar-refractivity contribution in [3.05, 3.63) is 27.7 Å². The molecule has 2 N–H and O–H groups in total. The van der Waals surface area contributed by atoms with E-state index in [4.69, 9.17) is 23.8 Å². The molecule has 5 heteroatoms. The molecule has 0 unspecified atom stereocenters. The van der Waals surface area contributed by atoms with Crippen LogP contribution in [-0.4, -0.2) is 11.2 Å². The Bertz CT molecular complexity index is 445. The second-order valence-corrected chi connectivity index (χ2v) is 6.64. The van der Waals surface area contributed by atoms with E-state index < -0.39 is 0 Å². The van der Waals surface area contributed by atoms with Gasteiger partial charge in [-0.2, -0.15) is 0 Å². The molecule has 104 valence electrons. The van der Waals surface area contributed by atoms with Crippen LogP contribution in [0.2, 0.25) is 5.02 Å². The van der Waals surface area contributed by atoms with Crippen LogP contribution >= 0.6 is 39.7 Å². The number of thiocarbonyl (C=S) groups is 1. The molecule has 0 saturated heterocycles. The first-order valence-electron chi connectivity index (χ1n) is 6.68. The lowest BCUT2D eigenvalue weighted by molar-refractivity contribution is 0.535. The smallest absolute Gasteiger partial charge is 0.171 e. The van der Waals surface area contributed by atoms with Crippen molar-refractivity contribution in [2.24, 2.45) is 0 Å². The molecule has 19 heavy (non-hydrogen) atoms. The lowest BCUT2D eigenvalue weighted by Gasteiger charge is -2.19. The van der Waals surface area contributed by atoms with E-state index in [0.29, 0.717) is 16.2 Å². The zero-order valence-electron chi connectivity index (χ0n) is 10.7. The molecule has 0 heterocycles. The molecule has 1 aromatic rings. The first-order valence-corrected chi connectivity index (χ1v) is 8.25. The van der Waals surface area contributed by atoms with Crippen LogP contribution in [0.5, 0.6) is 0 Å². The van der Waals surface area contributed by atoms with Crippen molar-refractivity contribution >= 4 is 50.5 Å². The minimum atomic E-state index is 0.497. The average Bonchev–Trinajstić information content (AvgIpc) is 2.61. The van der Waals surface area contributed by atoms with Crippen molar-refractivity contribution in [1.29, 1.82) is 0 Å². The molecule has 0 aromatic heterocycles. The number of benzene rings is 1. The Morgan fingerprint density at radius 1 is 1.21 bits per heavy atom. The normalized spacial score (nSPS) is 16.7. The van der Waals surface area contributed by atoms with E-state index in [9.17, 15) is 0 Å². The minimum Gasteiger partial charge on any atom is -0.360 e. The highest BCUT2D eigenvalue weighted by Crippen LogP contribution is 2.25. The number of nitrogens with one attached hydrogen (secondary N) is 2.